The van der Waals surface area contributed by atoms with Crippen molar-refractivity contribution in [1.82, 2.24) is 5.32 Å². The minimum absolute atomic E-state index is 0.0380. The number of nitrogens with zero attached hydrogens (tertiary/aromatic N) is 2. The number of carbonyl (C=O) groups is 3. The van der Waals surface area contributed by atoms with E-state index in [1.807, 2.05) is 4.90 Å². The lowest BCUT2D eigenvalue weighted by molar-refractivity contribution is -0.384. The van der Waals surface area contributed by atoms with Crippen molar-refractivity contribution in [3.63, 3.8) is 0 Å². The Labute approximate surface area is 188 Å². The number of nitro groups is 1. The van der Waals surface area contributed by atoms with Gasteiger partial charge in [-0.15, -0.1) is 11.3 Å². The molecule has 2 aromatic rings. The average molecular weight is 461 g/mol. The molecule has 11 heteroatoms. The number of morpholine rings is 1. The SMILES string of the molecule is CC(=O)NCCc1ccc(C(=O)COC(=O)c2cc([N+](=O)[O-])ccc2N2CCOCC2)s1. The highest BCUT2D eigenvalue weighted by molar-refractivity contribution is 7.14. The third kappa shape index (κ3) is 6.11. The van der Waals surface area contributed by atoms with Gasteiger partial charge in [0.2, 0.25) is 11.7 Å². The molecule has 0 aliphatic carbocycles. The molecule has 1 fully saturated rings. The average Bonchev–Trinajstić information content (AvgIpc) is 3.26. The maximum absolute atomic E-state index is 12.7. The van der Waals surface area contributed by atoms with Crippen LogP contribution >= 0.6 is 11.3 Å². The van der Waals surface area contributed by atoms with Gasteiger partial charge >= 0.3 is 5.97 Å². The van der Waals surface area contributed by atoms with Crippen LogP contribution in [0.15, 0.2) is 30.3 Å². The normalized spacial score (nSPS) is 13.5. The Morgan fingerprint density at radius 2 is 1.97 bits per heavy atom. The molecule has 0 bridgehead atoms. The van der Waals surface area contributed by atoms with Gasteiger partial charge in [-0.1, -0.05) is 0 Å². The van der Waals surface area contributed by atoms with Crippen molar-refractivity contribution in [2.75, 3.05) is 44.4 Å². The molecule has 3 rings (SSSR count). The van der Waals surface area contributed by atoms with Gasteiger partial charge in [0, 0.05) is 43.6 Å². The van der Waals surface area contributed by atoms with Gasteiger partial charge < -0.3 is 19.7 Å². The molecule has 1 aromatic carbocycles. The van der Waals surface area contributed by atoms with Crippen molar-refractivity contribution in [1.29, 1.82) is 0 Å². The van der Waals surface area contributed by atoms with Crippen LogP contribution < -0.4 is 10.2 Å². The largest absolute Gasteiger partial charge is 0.454 e. The van der Waals surface area contributed by atoms with E-state index < -0.39 is 17.5 Å². The monoisotopic (exact) mass is 461 g/mol. The second-order valence-electron chi connectivity index (χ2n) is 7.06. The Kier molecular flexibility index (Phi) is 7.90. The Morgan fingerprint density at radius 3 is 2.66 bits per heavy atom. The maximum Gasteiger partial charge on any atom is 0.340 e. The number of thiophene rings is 1. The zero-order chi connectivity index (χ0) is 23.1. The van der Waals surface area contributed by atoms with Crippen LogP contribution in [0.1, 0.15) is 31.8 Å². The highest BCUT2D eigenvalue weighted by atomic mass is 32.1. The van der Waals surface area contributed by atoms with Crippen molar-refractivity contribution in [2.45, 2.75) is 13.3 Å². The first-order chi connectivity index (χ1) is 15.3. The highest BCUT2D eigenvalue weighted by Gasteiger charge is 2.24. The predicted octanol–water partition coefficient (Wildman–Crippen LogP) is 2.21. The number of hydrogen-bond acceptors (Lipinski definition) is 9. The Morgan fingerprint density at radius 1 is 1.22 bits per heavy atom. The van der Waals surface area contributed by atoms with E-state index in [0.717, 1.165) is 4.88 Å². The van der Waals surface area contributed by atoms with Gasteiger partial charge in [-0.05, 0) is 24.6 Å². The van der Waals surface area contributed by atoms with E-state index in [2.05, 4.69) is 5.32 Å². The molecule has 1 N–H and O–H groups in total. The fourth-order valence-electron chi connectivity index (χ4n) is 3.18. The minimum Gasteiger partial charge on any atom is -0.454 e. The van der Waals surface area contributed by atoms with Crippen molar-refractivity contribution >= 4 is 40.4 Å². The van der Waals surface area contributed by atoms with Crippen LogP contribution in [0.2, 0.25) is 0 Å². The second kappa shape index (κ2) is 10.8. The van der Waals surface area contributed by atoms with Crippen LogP contribution in [-0.4, -0.2) is 62.0 Å². The first-order valence-electron chi connectivity index (χ1n) is 9.99. The lowest BCUT2D eigenvalue weighted by Gasteiger charge is -2.30. The molecule has 1 aliphatic heterocycles. The van der Waals surface area contributed by atoms with Gasteiger partial charge in [-0.25, -0.2) is 4.79 Å². The van der Waals surface area contributed by atoms with Gasteiger partial charge in [0.05, 0.1) is 34.3 Å². The fourth-order valence-corrected chi connectivity index (χ4v) is 4.12. The smallest absolute Gasteiger partial charge is 0.340 e. The molecule has 1 aliphatic rings. The number of anilines is 1. The maximum atomic E-state index is 12.7. The molecule has 0 atom stereocenters. The van der Waals surface area contributed by atoms with E-state index in [-0.39, 0.29) is 22.9 Å². The summed E-state index contributed by atoms with van der Waals surface area (Å²) in [5.41, 5.74) is 0.311. The molecular formula is C21H23N3O7S. The number of benzene rings is 1. The van der Waals surface area contributed by atoms with Crippen molar-refractivity contribution in [2.24, 2.45) is 0 Å². The fraction of sp³-hybridized carbons (Fsp3) is 0.381. The van der Waals surface area contributed by atoms with E-state index in [4.69, 9.17) is 9.47 Å². The Balaban J connectivity index is 1.66. The predicted molar refractivity (Wildman–Crippen MR) is 117 cm³/mol. The van der Waals surface area contributed by atoms with Crippen molar-refractivity contribution in [3.05, 3.63) is 55.8 Å². The van der Waals surface area contributed by atoms with Gasteiger partial charge in [-0.3, -0.25) is 19.7 Å². The zero-order valence-corrected chi connectivity index (χ0v) is 18.3. The topological polar surface area (TPSA) is 128 Å². The molecule has 1 amide bonds. The number of nitro benzene ring substituents is 1. The highest BCUT2D eigenvalue weighted by Crippen LogP contribution is 2.27. The number of ether oxygens (including phenoxy) is 2. The molecule has 0 spiro atoms. The van der Waals surface area contributed by atoms with Crippen LogP contribution in [-0.2, 0) is 20.7 Å². The van der Waals surface area contributed by atoms with E-state index in [1.165, 1.54) is 36.5 Å². The van der Waals surface area contributed by atoms with Gasteiger partial charge in [0.15, 0.2) is 6.61 Å². The summed E-state index contributed by atoms with van der Waals surface area (Å²) in [6.45, 7) is 3.45. The molecule has 0 unspecified atom stereocenters. The minimum atomic E-state index is -0.800. The molecular weight excluding hydrogens is 438 g/mol. The summed E-state index contributed by atoms with van der Waals surface area (Å²) in [5, 5.41) is 13.9. The quantitative estimate of drug-likeness (QED) is 0.261. The first-order valence-corrected chi connectivity index (χ1v) is 10.8. The lowest BCUT2D eigenvalue weighted by atomic mass is 10.1. The zero-order valence-electron chi connectivity index (χ0n) is 17.5. The molecule has 1 saturated heterocycles. The van der Waals surface area contributed by atoms with Crippen LogP contribution in [0.5, 0.6) is 0 Å². The summed E-state index contributed by atoms with van der Waals surface area (Å²) < 4.78 is 10.5. The summed E-state index contributed by atoms with van der Waals surface area (Å²) in [4.78, 5) is 50.0. The summed E-state index contributed by atoms with van der Waals surface area (Å²) in [6.07, 6.45) is 0.591. The first kappa shape index (κ1) is 23.4. The Hall–Kier alpha value is -3.31. The van der Waals surface area contributed by atoms with Crippen molar-refractivity contribution in [3.8, 4) is 0 Å². The summed E-state index contributed by atoms with van der Waals surface area (Å²) >= 11 is 1.27. The van der Waals surface area contributed by atoms with E-state index >= 15 is 0 Å². The molecule has 10 nitrogen and oxygen atoms in total. The third-order valence-corrected chi connectivity index (χ3v) is 5.96. The van der Waals surface area contributed by atoms with E-state index in [9.17, 15) is 24.5 Å². The number of rotatable bonds is 9. The van der Waals surface area contributed by atoms with Crippen LogP contribution in [0, 0.1) is 10.1 Å². The third-order valence-electron chi connectivity index (χ3n) is 4.78. The number of esters is 1. The van der Waals surface area contributed by atoms with Crippen LogP contribution in [0.25, 0.3) is 0 Å². The van der Waals surface area contributed by atoms with Crippen molar-refractivity contribution < 1.29 is 28.8 Å². The number of ketones is 1. The second-order valence-corrected chi connectivity index (χ2v) is 8.22. The molecule has 2 heterocycles. The van der Waals surface area contributed by atoms with Crippen LogP contribution in [0.4, 0.5) is 11.4 Å². The number of nitrogens with one attached hydrogen (secondary N) is 1. The lowest BCUT2D eigenvalue weighted by Crippen LogP contribution is -2.37. The van der Waals surface area contributed by atoms with E-state index in [0.29, 0.717) is 49.8 Å². The number of Topliss-reactive ketones (excluding diaryl/α,β-unsaturated/α-hetero) is 1. The molecule has 0 radical (unpaired) electrons. The number of amides is 1. The van der Waals surface area contributed by atoms with Crippen LogP contribution in [0.3, 0.4) is 0 Å². The number of carbonyl (C=O) groups excluding carboxylic acids is 3. The summed E-state index contributed by atoms with van der Waals surface area (Å²) in [5.74, 6) is -1.29. The van der Waals surface area contributed by atoms with Gasteiger partial charge in [0.25, 0.3) is 5.69 Å². The summed E-state index contributed by atoms with van der Waals surface area (Å²) in [6, 6.07) is 7.46. The number of non-ortho nitro benzene ring substituents is 1. The molecule has 0 saturated carbocycles. The molecule has 170 valence electrons. The van der Waals surface area contributed by atoms with Gasteiger partial charge in [-0.2, -0.15) is 0 Å². The summed E-state index contributed by atoms with van der Waals surface area (Å²) in [7, 11) is 0. The standard InChI is InChI=1S/C21H23N3O7S/c1-14(25)22-7-6-16-3-5-20(32-16)19(26)13-31-21(27)17-12-15(24(28)29)2-4-18(17)23-8-10-30-11-9-23/h2-5,12H,6-11,13H2,1H3,(H,22,25). The van der Waals surface area contributed by atoms with Gasteiger partial charge in [0.1, 0.15) is 0 Å². The molecule has 32 heavy (non-hydrogen) atoms. The Bertz CT molecular complexity index is 1010. The van der Waals surface area contributed by atoms with E-state index in [1.54, 1.807) is 12.1 Å². The number of hydrogen-bond donors (Lipinski definition) is 1. The molecule has 1 aromatic heterocycles.